The molecule has 0 saturated heterocycles. The number of benzene rings is 4. The maximum atomic E-state index is 13.2. The van der Waals surface area contributed by atoms with E-state index < -0.39 is 17.8 Å². The number of rotatable bonds is 11. The molecule has 4 aromatic rings. The lowest BCUT2D eigenvalue weighted by Crippen LogP contribution is -2.32. The lowest BCUT2D eigenvalue weighted by Gasteiger charge is -2.13. The van der Waals surface area contributed by atoms with E-state index in [1.54, 1.807) is 78.9 Å². The molecule has 0 heterocycles. The van der Waals surface area contributed by atoms with Crippen molar-refractivity contribution in [2.75, 3.05) is 25.6 Å². The number of hydrogen-bond acceptors (Lipinski definition) is 7. The number of carbonyl (C=O) groups excluding carboxylic acids is 3. The van der Waals surface area contributed by atoms with E-state index >= 15 is 0 Å². The van der Waals surface area contributed by atoms with Gasteiger partial charge in [-0.3, -0.25) is 9.59 Å². The van der Waals surface area contributed by atoms with Crippen LogP contribution in [0, 0.1) is 0 Å². The summed E-state index contributed by atoms with van der Waals surface area (Å²) in [4.78, 5) is 40.5. The minimum atomic E-state index is -0.615. The monoisotopic (exact) mass is 576 g/mol. The van der Waals surface area contributed by atoms with Gasteiger partial charge in [0.05, 0.1) is 18.4 Å². The maximum absolute atomic E-state index is 13.2. The van der Waals surface area contributed by atoms with Gasteiger partial charge >= 0.3 is 5.97 Å². The van der Waals surface area contributed by atoms with Crippen molar-refractivity contribution in [3.63, 3.8) is 0 Å². The first kappa shape index (κ1) is 30.3. The zero-order valence-electron chi connectivity index (χ0n) is 24.1. The molecule has 0 aliphatic rings. The van der Waals surface area contributed by atoms with Crippen molar-refractivity contribution in [2.45, 2.75) is 6.92 Å². The SMILES string of the molecule is CCOc1cc(/C=N/NC(=O)/C(=C\c2ccc(N(C)C)cc2)NC(=O)c2ccccc2)ccc1OC(=O)c1ccccc1. The molecule has 0 radical (unpaired) electrons. The van der Waals surface area contributed by atoms with E-state index in [2.05, 4.69) is 15.8 Å². The minimum absolute atomic E-state index is 0.0155. The van der Waals surface area contributed by atoms with Crippen molar-refractivity contribution in [3.05, 3.63) is 131 Å². The van der Waals surface area contributed by atoms with Crippen molar-refractivity contribution < 1.29 is 23.9 Å². The van der Waals surface area contributed by atoms with Gasteiger partial charge in [-0.15, -0.1) is 0 Å². The van der Waals surface area contributed by atoms with Gasteiger partial charge in [0.15, 0.2) is 11.5 Å². The maximum Gasteiger partial charge on any atom is 0.343 e. The second-order valence-electron chi connectivity index (χ2n) is 9.46. The number of hydrazone groups is 1. The topological polar surface area (TPSA) is 109 Å². The molecule has 0 fully saturated rings. The Morgan fingerprint density at radius 3 is 2.05 bits per heavy atom. The van der Waals surface area contributed by atoms with Gasteiger partial charge in [0.1, 0.15) is 5.70 Å². The zero-order valence-corrected chi connectivity index (χ0v) is 24.1. The summed E-state index contributed by atoms with van der Waals surface area (Å²) in [5.74, 6) is -0.957. The number of nitrogens with zero attached hydrogens (tertiary/aromatic N) is 2. The van der Waals surface area contributed by atoms with Gasteiger partial charge in [0.25, 0.3) is 11.8 Å². The van der Waals surface area contributed by atoms with Crippen LogP contribution in [0.5, 0.6) is 11.5 Å². The molecular weight excluding hydrogens is 544 g/mol. The van der Waals surface area contributed by atoms with Gasteiger partial charge < -0.3 is 19.7 Å². The van der Waals surface area contributed by atoms with E-state index in [1.807, 2.05) is 56.3 Å². The lowest BCUT2D eigenvalue weighted by atomic mass is 10.1. The molecule has 4 rings (SSSR count). The normalized spacial score (nSPS) is 11.1. The van der Waals surface area contributed by atoms with E-state index in [9.17, 15) is 14.4 Å². The Bertz CT molecular complexity index is 1620. The Balaban J connectivity index is 1.50. The van der Waals surface area contributed by atoms with Gasteiger partial charge in [0, 0.05) is 25.3 Å². The van der Waals surface area contributed by atoms with E-state index in [0.717, 1.165) is 11.3 Å². The number of esters is 1. The van der Waals surface area contributed by atoms with Crippen LogP contribution in [0.1, 0.15) is 38.8 Å². The Morgan fingerprint density at radius 2 is 1.42 bits per heavy atom. The summed E-state index contributed by atoms with van der Waals surface area (Å²) in [5.41, 5.74) is 5.60. The second-order valence-corrected chi connectivity index (χ2v) is 9.46. The molecule has 9 nitrogen and oxygen atoms in total. The fourth-order valence-corrected chi connectivity index (χ4v) is 3.89. The van der Waals surface area contributed by atoms with Crippen molar-refractivity contribution in [2.24, 2.45) is 5.10 Å². The standard InChI is InChI=1S/C34H32N4O5/c1-4-42-31-22-25(17-20-30(31)43-34(41)27-13-9-6-10-14-27)23-35-37-33(40)29(36-32(39)26-11-7-5-8-12-26)21-24-15-18-28(19-16-24)38(2)3/h5-23H,4H2,1-3H3,(H,36,39)(H,37,40)/b29-21+,35-23+. The molecule has 0 aliphatic heterocycles. The van der Waals surface area contributed by atoms with Crippen LogP contribution in [0.2, 0.25) is 0 Å². The summed E-state index contributed by atoms with van der Waals surface area (Å²) in [5, 5.41) is 6.76. The molecule has 218 valence electrons. The van der Waals surface area contributed by atoms with Gasteiger partial charge in [-0.2, -0.15) is 5.10 Å². The zero-order chi connectivity index (χ0) is 30.6. The van der Waals surface area contributed by atoms with Gasteiger partial charge in [0.2, 0.25) is 0 Å². The third-order valence-electron chi connectivity index (χ3n) is 6.11. The molecule has 0 saturated carbocycles. The number of ether oxygens (including phenoxy) is 2. The third-order valence-corrected chi connectivity index (χ3v) is 6.11. The number of anilines is 1. The summed E-state index contributed by atoms with van der Waals surface area (Å²) >= 11 is 0. The van der Waals surface area contributed by atoms with E-state index in [0.29, 0.717) is 29.0 Å². The average Bonchev–Trinajstić information content (AvgIpc) is 3.03. The van der Waals surface area contributed by atoms with Crippen LogP contribution < -0.4 is 25.1 Å². The summed E-state index contributed by atoms with van der Waals surface area (Å²) in [6.07, 6.45) is 3.00. The predicted molar refractivity (Wildman–Crippen MR) is 167 cm³/mol. The minimum Gasteiger partial charge on any atom is -0.490 e. The fourth-order valence-electron chi connectivity index (χ4n) is 3.89. The fraction of sp³-hybridized carbons (Fsp3) is 0.118. The predicted octanol–water partition coefficient (Wildman–Crippen LogP) is 5.29. The Kier molecular flexibility index (Phi) is 10.4. The van der Waals surface area contributed by atoms with Crippen molar-refractivity contribution in [3.8, 4) is 11.5 Å². The van der Waals surface area contributed by atoms with Crippen LogP contribution in [0.25, 0.3) is 6.08 Å². The molecule has 9 heteroatoms. The Labute approximate surface area is 250 Å². The van der Waals surface area contributed by atoms with Crippen molar-refractivity contribution in [1.82, 2.24) is 10.7 Å². The summed E-state index contributed by atoms with van der Waals surface area (Å²) < 4.78 is 11.2. The van der Waals surface area contributed by atoms with Crippen LogP contribution in [-0.4, -0.2) is 44.7 Å². The molecule has 4 aromatic carbocycles. The Hall–Kier alpha value is -5.70. The Morgan fingerprint density at radius 1 is 0.791 bits per heavy atom. The second kappa shape index (κ2) is 14.8. The third kappa shape index (κ3) is 8.64. The highest BCUT2D eigenvalue weighted by Crippen LogP contribution is 2.29. The van der Waals surface area contributed by atoms with E-state index in [4.69, 9.17) is 9.47 Å². The molecule has 0 spiro atoms. The molecule has 0 atom stereocenters. The molecule has 0 aromatic heterocycles. The molecular formula is C34H32N4O5. The first-order valence-corrected chi connectivity index (χ1v) is 13.6. The highest BCUT2D eigenvalue weighted by atomic mass is 16.6. The molecule has 2 N–H and O–H groups in total. The van der Waals surface area contributed by atoms with Crippen molar-refractivity contribution >= 4 is 35.8 Å². The van der Waals surface area contributed by atoms with Crippen molar-refractivity contribution in [1.29, 1.82) is 0 Å². The first-order chi connectivity index (χ1) is 20.8. The van der Waals surface area contributed by atoms with Crippen LogP contribution in [0.15, 0.2) is 114 Å². The largest absolute Gasteiger partial charge is 0.490 e. The highest BCUT2D eigenvalue weighted by molar-refractivity contribution is 6.05. The number of amides is 2. The van der Waals surface area contributed by atoms with E-state index in [1.165, 1.54) is 6.21 Å². The molecule has 2 amide bonds. The van der Waals surface area contributed by atoms with Gasteiger partial charge in [-0.1, -0.05) is 48.5 Å². The lowest BCUT2D eigenvalue weighted by molar-refractivity contribution is -0.117. The molecule has 0 aliphatic carbocycles. The van der Waals surface area contributed by atoms with Gasteiger partial charge in [-0.05, 0) is 78.7 Å². The highest BCUT2D eigenvalue weighted by Gasteiger charge is 2.15. The molecule has 43 heavy (non-hydrogen) atoms. The molecule has 0 bridgehead atoms. The van der Waals surface area contributed by atoms with Crippen LogP contribution >= 0.6 is 0 Å². The quantitative estimate of drug-likeness (QED) is 0.0826. The number of nitrogens with one attached hydrogen (secondary N) is 2. The first-order valence-electron chi connectivity index (χ1n) is 13.6. The van der Waals surface area contributed by atoms with Crippen LogP contribution in [0.3, 0.4) is 0 Å². The summed E-state index contributed by atoms with van der Waals surface area (Å²) in [6, 6.07) is 29.7. The summed E-state index contributed by atoms with van der Waals surface area (Å²) in [7, 11) is 3.87. The smallest absolute Gasteiger partial charge is 0.343 e. The number of carbonyl (C=O) groups is 3. The van der Waals surface area contributed by atoms with Crippen LogP contribution in [-0.2, 0) is 4.79 Å². The average molecular weight is 577 g/mol. The number of hydrogen-bond donors (Lipinski definition) is 2. The van der Waals surface area contributed by atoms with Crippen LogP contribution in [0.4, 0.5) is 5.69 Å². The van der Waals surface area contributed by atoms with E-state index in [-0.39, 0.29) is 11.4 Å². The summed E-state index contributed by atoms with van der Waals surface area (Å²) in [6.45, 7) is 2.16. The molecule has 0 unspecified atom stereocenters. The van der Waals surface area contributed by atoms with Gasteiger partial charge in [-0.25, -0.2) is 10.2 Å².